The van der Waals surface area contributed by atoms with Crippen LogP contribution >= 0.6 is 0 Å². The normalized spacial score (nSPS) is 10.4. The molecule has 24 heavy (non-hydrogen) atoms. The Morgan fingerprint density at radius 1 is 1.00 bits per heavy atom. The number of primary amides is 1. The van der Waals surface area contributed by atoms with Crippen LogP contribution in [0.15, 0.2) is 54.9 Å². The van der Waals surface area contributed by atoms with Crippen LogP contribution in [0, 0.1) is 11.6 Å². The van der Waals surface area contributed by atoms with E-state index < -0.39 is 17.5 Å². The van der Waals surface area contributed by atoms with Gasteiger partial charge in [0.05, 0.1) is 5.56 Å². The van der Waals surface area contributed by atoms with E-state index in [1.807, 2.05) is 0 Å². The van der Waals surface area contributed by atoms with Gasteiger partial charge >= 0.3 is 0 Å². The summed E-state index contributed by atoms with van der Waals surface area (Å²) >= 11 is 0. The summed E-state index contributed by atoms with van der Waals surface area (Å²) in [5.41, 5.74) is 6.62. The first-order valence-corrected chi connectivity index (χ1v) is 6.98. The number of carbonyl (C=O) groups excluding carboxylic acids is 1. The number of anilines is 2. The highest BCUT2D eigenvalue weighted by Gasteiger charge is 2.18. The maximum absolute atomic E-state index is 13.4. The van der Waals surface area contributed by atoms with E-state index in [0.29, 0.717) is 16.8 Å². The highest BCUT2D eigenvalue weighted by molar-refractivity contribution is 6.01. The second kappa shape index (κ2) is 6.41. The first-order valence-electron chi connectivity index (χ1n) is 6.98. The molecule has 0 unspecified atom stereocenters. The van der Waals surface area contributed by atoms with E-state index in [1.54, 1.807) is 6.07 Å². The summed E-state index contributed by atoms with van der Waals surface area (Å²) in [6.07, 6.45) is 1.18. The fraction of sp³-hybridized carbons (Fsp3) is 0. The minimum atomic E-state index is -0.751. The SMILES string of the molecule is NC(=O)c1ncnc(Nc2cccc(F)c2)c1-c1ccc(F)cc1. The quantitative estimate of drug-likeness (QED) is 0.771. The van der Waals surface area contributed by atoms with E-state index in [1.165, 1.54) is 48.8 Å². The Morgan fingerprint density at radius 3 is 2.42 bits per heavy atom. The van der Waals surface area contributed by atoms with Gasteiger partial charge in [0.25, 0.3) is 5.91 Å². The van der Waals surface area contributed by atoms with Crippen molar-refractivity contribution >= 4 is 17.4 Å². The summed E-state index contributed by atoms with van der Waals surface area (Å²) in [5.74, 6) is -1.33. The van der Waals surface area contributed by atoms with Crippen LogP contribution in [-0.4, -0.2) is 15.9 Å². The van der Waals surface area contributed by atoms with Crippen LogP contribution in [0.5, 0.6) is 0 Å². The van der Waals surface area contributed by atoms with E-state index >= 15 is 0 Å². The highest BCUT2D eigenvalue weighted by Crippen LogP contribution is 2.31. The van der Waals surface area contributed by atoms with E-state index in [4.69, 9.17) is 5.73 Å². The number of nitrogens with zero attached hydrogens (tertiary/aromatic N) is 2. The van der Waals surface area contributed by atoms with E-state index in [2.05, 4.69) is 15.3 Å². The van der Waals surface area contributed by atoms with Crippen molar-refractivity contribution in [3.8, 4) is 11.1 Å². The molecule has 2 aromatic carbocycles. The Morgan fingerprint density at radius 2 is 1.75 bits per heavy atom. The van der Waals surface area contributed by atoms with Gasteiger partial charge in [-0.2, -0.15) is 0 Å². The zero-order valence-electron chi connectivity index (χ0n) is 12.3. The lowest BCUT2D eigenvalue weighted by atomic mass is 10.0. The molecular formula is C17H12F2N4O. The van der Waals surface area contributed by atoms with Crippen LogP contribution in [0.2, 0.25) is 0 Å². The molecule has 0 spiro atoms. The summed E-state index contributed by atoms with van der Waals surface area (Å²) in [5, 5.41) is 2.93. The van der Waals surface area contributed by atoms with Crippen molar-refractivity contribution in [1.29, 1.82) is 0 Å². The Labute approximate surface area is 136 Å². The van der Waals surface area contributed by atoms with Crippen LogP contribution in [-0.2, 0) is 0 Å². The van der Waals surface area contributed by atoms with Crippen molar-refractivity contribution in [2.45, 2.75) is 0 Å². The van der Waals surface area contributed by atoms with Gasteiger partial charge in [0.15, 0.2) is 0 Å². The molecule has 3 aromatic rings. The van der Waals surface area contributed by atoms with Gasteiger partial charge in [0.1, 0.15) is 29.5 Å². The number of rotatable bonds is 4. The molecule has 0 fully saturated rings. The summed E-state index contributed by atoms with van der Waals surface area (Å²) in [4.78, 5) is 19.7. The van der Waals surface area contributed by atoms with Crippen LogP contribution in [0.1, 0.15) is 10.5 Å². The maximum Gasteiger partial charge on any atom is 0.268 e. The molecule has 0 atom stereocenters. The van der Waals surface area contributed by atoms with Crippen molar-refractivity contribution in [3.05, 3.63) is 72.2 Å². The monoisotopic (exact) mass is 326 g/mol. The molecular weight excluding hydrogens is 314 g/mol. The van der Waals surface area contributed by atoms with Gasteiger partial charge in [0.2, 0.25) is 0 Å². The molecule has 0 saturated carbocycles. The lowest BCUT2D eigenvalue weighted by Gasteiger charge is -2.13. The molecule has 1 heterocycles. The summed E-state index contributed by atoms with van der Waals surface area (Å²) < 4.78 is 26.5. The van der Waals surface area contributed by atoms with E-state index in [9.17, 15) is 13.6 Å². The van der Waals surface area contributed by atoms with Gasteiger partial charge < -0.3 is 11.1 Å². The molecule has 120 valence electrons. The standard InChI is InChI=1S/C17H12F2N4O/c18-11-6-4-10(5-7-11)14-15(16(20)24)21-9-22-17(14)23-13-3-1-2-12(19)8-13/h1-9H,(H2,20,24)(H,21,22,23). The van der Waals surface area contributed by atoms with E-state index in [0.717, 1.165) is 0 Å². The molecule has 3 N–H and O–H groups in total. The number of hydrogen-bond donors (Lipinski definition) is 2. The molecule has 0 bridgehead atoms. The molecule has 1 amide bonds. The third-order valence-electron chi connectivity index (χ3n) is 3.30. The van der Waals surface area contributed by atoms with Gasteiger partial charge in [-0.25, -0.2) is 18.7 Å². The van der Waals surface area contributed by atoms with Crippen LogP contribution < -0.4 is 11.1 Å². The smallest absolute Gasteiger partial charge is 0.268 e. The summed E-state index contributed by atoms with van der Waals surface area (Å²) in [6, 6.07) is 11.2. The molecule has 0 aliphatic rings. The Hall–Kier alpha value is -3.35. The number of carbonyl (C=O) groups is 1. The average Bonchev–Trinajstić information content (AvgIpc) is 2.55. The Kier molecular flexibility index (Phi) is 4.15. The molecule has 7 heteroatoms. The van der Waals surface area contributed by atoms with Crippen LogP contribution in [0.4, 0.5) is 20.3 Å². The fourth-order valence-corrected chi connectivity index (χ4v) is 2.26. The predicted molar refractivity (Wildman–Crippen MR) is 85.6 cm³/mol. The minimum Gasteiger partial charge on any atom is -0.364 e. The topological polar surface area (TPSA) is 80.9 Å². The maximum atomic E-state index is 13.4. The summed E-state index contributed by atoms with van der Waals surface area (Å²) in [7, 11) is 0. The lowest BCUT2D eigenvalue weighted by Crippen LogP contribution is -2.16. The number of aromatic nitrogens is 2. The van der Waals surface area contributed by atoms with Crippen molar-refractivity contribution in [2.75, 3.05) is 5.32 Å². The van der Waals surface area contributed by atoms with E-state index in [-0.39, 0.29) is 11.5 Å². The zero-order chi connectivity index (χ0) is 17.1. The highest BCUT2D eigenvalue weighted by atomic mass is 19.1. The molecule has 0 aliphatic heterocycles. The molecule has 1 aromatic heterocycles. The van der Waals surface area contributed by atoms with Gasteiger partial charge in [0, 0.05) is 5.69 Å². The van der Waals surface area contributed by atoms with Crippen LogP contribution in [0.25, 0.3) is 11.1 Å². The largest absolute Gasteiger partial charge is 0.364 e. The predicted octanol–water partition coefficient (Wildman–Crippen LogP) is 3.26. The third-order valence-corrected chi connectivity index (χ3v) is 3.30. The van der Waals surface area contributed by atoms with Crippen molar-refractivity contribution < 1.29 is 13.6 Å². The number of nitrogens with one attached hydrogen (secondary N) is 1. The average molecular weight is 326 g/mol. The molecule has 5 nitrogen and oxygen atoms in total. The Balaban J connectivity index is 2.13. The number of benzene rings is 2. The van der Waals surface area contributed by atoms with Gasteiger partial charge in [-0.05, 0) is 35.9 Å². The van der Waals surface area contributed by atoms with Crippen molar-refractivity contribution in [2.24, 2.45) is 5.73 Å². The fourth-order valence-electron chi connectivity index (χ4n) is 2.26. The third kappa shape index (κ3) is 3.19. The lowest BCUT2D eigenvalue weighted by molar-refractivity contribution is 0.0996. The molecule has 0 aliphatic carbocycles. The second-order valence-corrected chi connectivity index (χ2v) is 4.95. The number of hydrogen-bond acceptors (Lipinski definition) is 4. The van der Waals surface area contributed by atoms with Crippen molar-refractivity contribution in [1.82, 2.24) is 9.97 Å². The first kappa shape index (κ1) is 15.5. The van der Waals surface area contributed by atoms with Gasteiger partial charge in [-0.15, -0.1) is 0 Å². The first-order chi connectivity index (χ1) is 11.5. The molecule has 3 rings (SSSR count). The van der Waals surface area contributed by atoms with Gasteiger partial charge in [-0.1, -0.05) is 18.2 Å². The zero-order valence-corrected chi connectivity index (χ0v) is 12.3. The second-order valence-electron chi connectivity index (χ2n) is 4.95. The number of amides is 1. The summed E-state index contributed by atoms with van der Waals surface area (Å²) in [6.45, 7) is 0. The number of nitrogens with two attached hydrogens (primary N) is 1. The molecule has 0 saturated heterocycles. The molecule has 0 radical (unpaired) electrons. The van der Waals surface area contributed by atoms with Crippen LogP contribution in [0.3, 0.4) is 0 Å². The number of halogens is 2. The Bertz CT molecular complexity index is 897. The van der Waals surface area contributed by atoms with Crippen molar-refractivity contribution in [3.63, 3.8) is 0 Å². The van der Waals surface area contributed by atoms with Gasteiger partial charge in [-0.3, -0.25) is 4.79 Å². The minimum absolute atomic E-state index is 0.0180.